The first kappa shape index (κ1) is 36.7. The molecule has 10 aromatic rings. The van der Waals surface area contributed by atoms with E-state index in [0.29, 0.717) is 0 Å². The van der Waals surface area contributed by atoms with Gasteiger partial charge in [0.15, 0.2) is 0 Å². The van der Waals surface area contributed by atoms with Gasteiger partial charge in [0.2, 0.25) is 0 Å². The van der Waals surface area contributed by atoms with Crippen molar-refractivity contribution in [3.63, 3.8) is 0 Å². The number of hydrogen-bond donors (Lipinski definition) is 0. The lowest BCUT2D eigenvalue weighted by Crippen LogP contribution is -2.26. The van der Waals surface area contributed by atoms with Crippen molar-refractivity contribution in [1.82, 2.24) is 0 Å². The second-order valence-corrected chi connectivity index (χ2v) is 18.0. The molecule has 0 radical (unpaired) electrons. The molecule has 0 fully saturated rings. The number of para-hydroxylation sites is 3. The Balaban J connectivity index is 0.989. The van der Waals surface area contributed by atoms with Gasteiger partial charge in [-0.15, -0.1) is 0 Å². The molecule has 3 aliphatic rings. The topological polar surface area (TPSA) is 6.48 Å². The van der Waals surface area contributed by atoms with Gasteiger partial charge in [0.05, 0.1) is 5.41 Å². The van der Waals surface area contributed by atoms with Crippen molar-refractivity contribution < 1.29 is 0 Å². The van der Waals surface area contributed by atoms with Crippen LogP contribution in [0.25, 0.3) is 44.2 Å². The highest BCUT2D eigenvalue weighted by atomic mass is 15.1. The molecular formula is C62H44N2. The van der Waals surface area contributed by atoms with E-state index in [0.717, 1.165) is 34.1 Å². The molecule has 64 heavy (non-hydrogen) atoms. The highest BCUT2D eigenvalue weighted by Gasteiger charge is 2.52. The molecule has 1 unspecified atom stereocenters. The Bertz CT molecular complexity index is 3440. The van der Waals surface area contributed by atoms with Crippen LogP contribution in [0, 0.1) is 0 Å². The van der Waals surface area contributed by atoms with Crippen LogP contribution in [0.1, 0.15) is 47.2 Å². The van der Waals surface area contributed by atoms with Gasteiger partial charge in [0.1, 0.15) is 0 Å². The Hall–Kier alpha value is -7.94. The minimum absolute atomic E-state index is 0.171. The molecule has 0 saturated carbocycles. The summed E-state index contributed by atoms with van der Waals surface area (Å²) in [5.74, 6) is 0. The van der Waals surface area contributed by atoms with Gasteiger partial charge >= 0.3 is 0 Å². The Kier molecular flexibility index (Phi) is 7.90. The molecule has 0 N–H and O–H groups in total. The van der Waals surface area contributed by atoms with Crippen LogP contribution in [-0.2, 0) is 10.8 Å². The SMILES string of the molecule is CC1(C)c2cc(N(c3ccccc3)c3ccc4c(c3)-c3ccccc3C43c4ccccc4-c4cc(N(c5ccccc5)c5ccccc5)ccc43)ccc2-c2ccc3ccccc3c21. The van der Waals surface area contributed by atoms with E-state index in [-0.39, 0.29) is 5.41 Å². The molecule has 2 heteroatoms. The van der Waals surface area contributed by atoms with Gasteiger partial charge in [-0.05, 0) is 150 Å². The average molecular weight is 817 g/mol. The summed E-state index contributed by atoms with van der Waals surface area (Å²) >= 11 is 0. The standard InChI is InChI=1S/C62H44N2/c1-61(2)59-40-47(31-35-51(59)52-34-30-41-18-12-13-25-48(41)60(52)61)64(44-23-10-5-11-24-44)46-33-37-58-54(39-46)50-27-15-17-29-56(50)62(58)55-28-16-14-26-49(55)53-38-45(32-36-57(53)62)63(42-19-6-3-7-20-42)43-21-8-4-9-22-43/h3-40H,1-2H3. The van der Waals surface area contributed by atoms with Gasteiger partial charge in [-0.2, -0.15) is 0 Å². The van der Waals surface area contributed by atoms with Crippen LogP contribution in [0.2, 0.25) is 0 Å². The third kappa shape index (κ3) is 5.08. The van der Waals surface area contributed by atoms with Gasteiger partial charge < -0.3 is 9.80 Å². The van der Waals surface area contributed by atoms with Crippen molar-refractivity contribution in [2.24, 2.45) is 0 Å². The quantitative estimate of drug-likeness (QED) is 0.165. The summed E-state index contributed by atoms with van der Waals surface area (Å²) in [5.41, 5.74) is 22.1. The van der Waals surface area contributed by atoms with Crippen LogP contribution in [0.3, 0.4) is 0 Å². The maximum absolute atomic E-state index is 2.46. The number of rotatable bonds is 6. The van der Waals surface area contributed by atoms with Gasteiger partial charge in [-0.1, -0.05) is 172 Å². The maximum atomic E-state index is 2.46. The number of nitrogens with zero attached hydrogens (tertiary/aromatic N) is 2. The Morgan fingerprint density at radius 3 is 1.25 bits per heavy atom. The van der Waals surface area contributed by atoms with Crippen molar-refractivity contribution in [3.05, 3.63) is 264 Å². The summed E-state index contributed by atoms with van der Waals surface area (Å²) < 4.78 is 0. The first-order valence-electron chi connectivity index (χ1n) is 22.4. The minimum Gasteiger partial charge on any atom is -0.310 e. The number of benzene rings is 10. The van der Waals surface area contributed by atoms with Crippen LogP contribution in [-0.4, -0.2) is 0 Å². The predicted octanol–water partition coefficient (Wildman–Crippen LogP) is 16.4. The van der Waals surface area contributed by atoms with E-state index in [9.17, 15) is 0 Å². The van der Waals surface area contributed by atoms with E-state index in [1.165, 1.54) is 77.5 Å². The number of fused-ring (bicyclic) bond motifs is 15. The highest BCUT2D eigenvalue weighted by molar-refractivity contribution is 6.00. The third-order valence-electron chi connectivity index (χ3n) is 14.4. The van der Waals surface area contributed by atoms with E-state index < -0.39 is 5.41 Å². The molecule has 0 aromatic heterocycles. The second kappa shape index (κ2) is 13.8. The molecule has 1 spiro atoms. The highest BCUT2D eigenvalue weighted by Crippen LogP contribution is 2.64. The molecule has 0 saturated heterocycles. The zero-order valence-corrected chi connectivity index (χ0v) is 35.8. The van der Waals surface area contributed by atoms with Gasteiger partial charge in [-0.3, -0.25) is 0 Å². The van der Waals surface area contributed by atoms with E-state index >= 15 is 0 Å². The fraction of sp³-hybridized carbons (Fsp3) is 0.0645. The first-order chi connectivity index (χ1) is 31.5. The molecule has 1 atom stereocenters. The molecule has 0 heterocycles. The van der Waals surface area contributed by atoms with Gasteiger partial charge in [0.25, 0.3) is 0 Å². The summed E-state index contributed by atoms with van der Waals surface area (Å²) in [6.45, 7) is 4.79. The number of anilines is 6. The molecular weight excluding hydrogens is 773 g/mol. The predicted molar refractivity (Wildman–Crippen MR) is 267 cm³/mol. The summed E-state index contributed by atoms with van der Waals surface area (Å²) in [6.07, 6.45) is 0. The monoisotopic (exact) mass is 816 g/mol. The Morgan fingerprint density at radius 2 is 0.688 bits per heavy atom. The number of hydrogen-bond acceptors (Lipinski definition) is 2. The third-order valence-corrected chi connectivity index (χ3v) is 14.4. The Morgan fingerprint density at radius 1 is 0.281 bits per heavy atom. The molecule has 0 bridgehead atoms. The molecule has 302 valence electrons. The van der Waals surface area contributed by atoms with Crippen molar-refractivity contribution in [2.45, 2.75) is 24.7 Å². The molecule has 3 aliphatic carbocycles. The summed E-state index contributed by atoms with van der Waals surface area (Å²) in [4.78, 5) is 4.83. The normalized spacial score (nSPS) is 15.5. The maximum Gasteiger partial charge on any atom is 0.0725 e. The Labute approximate surface area is 375 Å². The molecule has 13 rings (SSSR count). The fourth-order valence-corrected chi connectivity index (χ4v) is 11.8. The van der Waals surface area contributed by atoms with Crippen LogP contribution < -0.4 is 9.80 Å². The van der Waals surface area contributed by atoms with Crippen LogP contribution >= 0.6 is 0 Å². The lowest BCUT2D eigenvalue weighted by atomic mass is 9.70. The second-order valence-electron chi connectivity index (χ2n) is 18.0. The zero-order chi connectivity index (χ0) is 42.6. The first-order valence-corrected chi connectivity index (χ1v) is 22.4. The van der Waals surface area contributed by atoms with Gasteiger partial charge in [-0.25, -0.2) is 0 Å². The van der Waals surface area contributed by atoms with Crippen molar-refractivity contribution in [2.75, 3.05) is 9.80 Å². The van der Waals surface area contributed by atoms with E-state index in [1.54, 1.807) is 0 Å². The smallest absolute Gasteiger partial charge is 0.0725 e. The summed E-state index contributed by atoms with van der Waals surface area (Å²) in [5, 5.41) is 2.63. The van der Waals surface area contributed by atoms with Crippen LogP contribution in [0.5, 0.6) is 0 Å². The molecule has 10 aromatic carbocycles. The minimum atomic E-state index is -0.469. The van der Waals surface area contributed by atoms with Crippen molar-refractivity contribution in [3.8, 4) is 33.4 Å². The van der Waals surface area contributed by atoms with Crippen LogP contribution in [0.15, 0.2) is 231 Å². The van der Waals surface area contributed by atoms with Crippen molar-refractivity contribution in [1.29, 1.82) is 0 Å². The molecule has 0 amide bonds. The van der Waals surface area contributed by atoms with Crippen molar-refractivity contribution >= 4 is 44.9 Å². The summed E-state index contributed by atoms with van der Waals surface area (Å²) in [6, 6.07) is 85.5. The van der Waals surface area contributed by atoms with E-state index in [2.05, 4.69) is 254 Å². The molecule has 2 nitrogen and oxygen atoms in total. The lowest BCUT2D eigenvalue weighted by Gasteiger charge is -2.32. The fourth-order valence-electron chi connectivity index (χ4n) is 11.8. The molecule has 0 aliphatic heterocycles. The lowest BCUT2D eigenvalue weighted by molar-refractivity contribution is 0.666. The zero-order valence-electron chi connectivity index (χ0n) is 35.8. The van der Waals surface area contributed by atoms with Gasteiger partial charge in [0, 0.05) is 39.5 Å². The largest absolute Gasteiger partial charge is 0.310 e. The van der Waals surface area contributed by atoms with E-state index in [4.69, 9.17) is 0 Å². The average Bonchev–Trinajstić information content (AvgIpc) is 3.90. The van der Waals surface area contributed by atoms with E-state index in [1.807, 2.05) is 0 Å². The summed E-state index contributed by atoms with van der Waals surface area (Å²) in [7, 11) is 0. The van der Waals surface area contributed by atoms with Crippen LogP contribution in [0.4, 0.5) is 34.1 Å².